The topological polar surface area (TPSA) is 61.8 Å². The summed E-state index contributed by atoms with van der Waals surface area (Å²) >= 11 is 0. The molecule has 1 amide bonds. The molecule has 0 saturated carbocycles. The Balaban J connectivity index is 2.29. The van der Waals surface area contributed by atoms with Crippen LogP contribution in [0.25, 0.3) is 0 Å². The van der Waals surface area contributed by atoms with E-state index in [1.807, 2.05) is 20.9 Å². The van der Waals surface area contributed by atoms with Gasteiger partial charge in [-0.25, -0.2) is 0 Å². The van der Waals surface area contributed by atoms with E-state index in [4.69, 9.17) is 4.74 Å². The van der Waals surface area contributed by atoms with Crippen LogP contribution in [0.1, 0.15) is 20.3 Å². The van der Waals surface area contributed by atoms with Crippen LogP contribution in [-0.2, 0) is 9.53 Å². The fraction of sp³-hybridized carbons (Fsp3) is 0.917. The molecule has 3 unspecified atom stereocenters. The monoisotopic (exact) mass is 244 g/mol. The van der Waals surface area contributed by atoms with Gasteiger partial charge in [0.25, 0.3) is 5.91 Å². The van der Waals surface area contributed by atoms with Crippen LogP contribution in [0.4, 0.5) is 0 Å². The number of carbonyl (C=O) groups is 1. The number of nitrogens with zero attached hydrogens (tertiary/aromatic N) is 1. The molecule has 3 atom stereocenters. The summed E-state index contributed by atoms with van der Waals surface area (Å²) in [6.45, 7) is 6.36. The number of ether oxygens (including phenoxy) is 1. The maximum absolute atomic E-state index is 11.8. The van der Waals surface area contributed by atoms with Crippen LogP contribution in [0.15, 0.2) is 0 Å². The van der Waals surface area contributed by atoms with E-state index in [0.717, 1.165) is 13.0 Å². The summed E-state index contributed by atoms with van der Waals surface area (Å²) < 4.78 is 5.39. The van der Waals surface area contributed by atoms with Gasteiger partial charge < -0.3 is 20.1 Å². The van der Waals surface area contributed by atoms with Gasteiger partial charge in [0.15, 0.2) is 0 Å². The molecule has 1 heterocycles. The van der Waals surface area contributed by atoms with Crippen LogP contribution >= 0.6 is 0 Å². The van der Waals surface area contributed by atoms with Gasteiger partial charge in [0, 0.05) is 19.6 Å². The van der Waals surface area contributed by atoms with Crippen molar-refractivity contribution in [2.24, 2.45) is 5.92 Å². The molecule has 0 spiro atoms. The van der Waals surface area contributed by atoms with Crippen molar-refractivity contribution < 1.29 is 14.6 Å². The molecule has 1 fully saturated rings. The number of nitrogens with one attached hydrogen (secondary N) is 1. The molecular weight excluding hydrogens is 220 g/mol. The van der Waals surface area contributed by atoms with E-state index in [1.54, 1.807) is 0 Å². The van der Waals surface area contributed by atoms with Gasteiger partial charge in [0.1, 0.15) is 6.10 Å². The average Bonchev–Trinajstić information content (AvgIpc) is 2.34. The highest BCUT2D eigenvalue weighted by Gasteiger charge is 2.25. The van der Waals surface area contributed by atoms with E-state index in [2.05, 4.69) is 10.2 Å². The summed E-state index contributed by atoms with van der Waals surface area (Å²) in [7, 11) is 1.97. The van der Waals surface area contributed by atoms with E-state index < -0.39 is 12.2 Å². The lowest BCUT2D eigenvalue weighted by Crippen LogP contribution is -2.50. The van der Waals surface area contributed by atoms with E-state index in [1.165, 1.54) is 0 Å². The smallest absolute Gasteiger partial charge is 0.250 e. The predicted octanol–water partition coefficient (Wildman–Crippen LogP) is -0.160. The van der Waals surface area contributed by atoms with Gasteiger partial charge in [-0.1, -0.05) is 20.3 Å². The summed E-state index contributed by atoms with van der Waals surface area (Å²) in [5, 5.41) is 12.5. The highest BCUT2D eigenvalue weighted by atomic mass is 16.5. The lowest BCUT2D eigenvalue weighted by molar-refractivity contribution is -0.138. The van der Waals surface area contributed by atoms with Crippen LogP contribution < -0.4 is 5.32 Å². The standard InChI is InChI=1S/C12H24N2O3/c1-4-9(2)10(15)7-13-12(16)11-8-14(3)5-6-17-11/h9-11,15H,4-8H2,1-3H3,(H,13,16). The minimum Gasteiger partial charge on any atom is -0.391 e. The number of hydrogen-bond donors (Lipinski definition) is 2. The Labute approximate surface area is 103 Å². The zero-order valence-electron chi connectivity index (χ0n) is 11.0. The van der Waals surface area contributed by atoms with Crippen molar-refractivity contribution in [1.29, 1.82) is 0 Å². The van der Waals surface area contributed by atoms with E-state index >= 15 is 0 Å². The summed E-state index contributed by atoms with van der Waals surface area (Å²) in [5.74, 6) is 0.0733. The first kappa shape index (κ1) is 14.4. The number of amides is 1. The van der Waals surface area contributed by atoms with Crippen molar-refractivity contribution in [2.75, 3.05) is 33.3 Å². The van der Waals surface area contributed by atoms with Crippen LogP contribution in [0.2, 0.25) is 0 Å². The van der Waals surface area contributed by atoms with Gasteiger partial charge in [0.2, 0.25) is 0 Å². The maximum Gasteiger partial charge on any atom is 0.250 e. The number of morpholine rings is 1. The van der Waals surface area contributed by atoms with Crippen molar-refractivity contribution in [3.63, 3.8) is 0 Å². The molecule has 0 aromatic carbocycles. The number of aliphatic hydroxyl groups is 1. The minimum atomic E-state index is -0.481. The second kappa shape index (κ2) is 6.93. The minimum absolute atomic E-state index is 0.126. The molecule has 0 bridgehead atoms. The molecule has 5 nitrogen and oxygen atoms in total. The second-order valence-electron chi connectivity index (χ2n) is 4.82. The molecule has 0 aromatic rings. The normalized spacial score (nSPS) is 25.3. The lowest BCUT2D eigenvalue weighted by Gasteiger charge is -2.29. The molecule has 100 valence electrons. The Kier molecular flexibility index (Phi) is 5.88. The van der Waals surface area contributed by atoms with Crippen LogP contribution in [0.5, 0.6) is 0 Å². The van der Waals surface area contributed by atoms with Crippen LogP contribution in [0.3, 0.4) is 0 Å². The predicted molar refractivity (Wildman–Crippen MR) is 65.7 cm³/mol. The summed E-state index contributed by atoms with van der Waals surface area (Å²) in [6, 6.07) is 0. The molecule has 1 rings (SSSR count). The van der Waals surface area contributed by atoms with Gasteiger partial charge in [-0.05, 0) is 13.0 Å². The fourth-order valence-electron chi connectivity index (χ4n) is 1.73. The van der Waals surface area contributed by atoms with Gasteiger partial charge in [-0.2, -0.15) is 0 Å². The zero-order chi connectivity index (χ0) is 12.8. The third-order valence-electron chi connectivity index (χ3n) is 3.35. The highest BCUT2D eigenvalue weighted by molar-refractivity contribution is 5.81. The lowest BCUT2D eigenvalue weighted by atomic mass is 10.0. The molecule has 17 heavy (non-hydrogen) atoms. The molecular formula is C12H24N2O3. The van der Waals surface area contributed by atoms with Crippen LogP contribution in [0, 0.1) is 5.92 Å². The van der Waals surface area contributed by atoms with E-state index in [-0.39, 0.29) is 11.8 Å². The van der Waals surface area contributed by atoms with E-state index in [9.17, 15) is 9.90 Å². The van der Waals surface area contributed by atoms with Crippen LogP contribution in [-0.4, -0.2) is 61.4 Å². The SMILES string of the molecule is CCC(C)C(O)CNC(=O)C1CN(C)CCO1. The maximum atomic E-state index is 11.8. The van der Waals surface area contributed by atoms with Gasteiger partial charge in [0.05, 0.1) is 12.7 Å². The number of hydrogen-bond acceptors (Lipinski definition) is 4. The Hall–Kier alpha value is -0.650. The van der Waals surface area contributed by atoms with Gasteiger partial charge >= 0.3 is 0 Å². The Morgan fingerprint density at radius 2 is 2.35 bits per heavy atom. The van der Waals surface area contributed by atoms with Crippen molar-refractivity contribution in [2.45, 2.75) is 32.5 Å². The highest BCUT2D eigenvalue weighted by Crippen LogP contribution is 2.07. The number of rotatable bonds is 5. The molecule has 0 aliphatic carbocycles. The molecule has 0 aromatic heterocycles. The Bertz CT molecular complexity index is 248. The first-order valence-corrected chi connectivity index (χ1v) is 6.30. The van der Waals surface area contributed by atoms with E-state index in [0.29, 0.717) is 19.7 Å². The quantitative estimate of drug-likeness (QED) is 0.705. The third kappa shape index (κ3) is 4.61. The fourth-order valence-corrected chi connectivity index (χ4v) is 1.73. The molecule has 0 radical (unpaired) electrons. The third-order valence-corrected chi connectivity index (χ3v) is 3.35. The van der Waals surface area contributed by atoms with Gasteiger partial charge in [-0.15, -0.1) is 0 Å². The molecule has 1 saturated heterocycles. The van der Waals surface area contributed by atoms with Crippen molar-refractivity contribution in [1.82, 2.24) is 10.2 Å². The zero-order valence-corrected chi connectivity index (χ0v) is 11.0. The van der Waals surface area contributed by atoms with Gasteiger partial charge in [-0.3, -0.25) is 4.79 Å². The average molecular weight is 244 g/mol. The molecule has 5 heteroatoms. The molecule has 2 N–H and O–H groups in total. The molecule has 1 aliphatic heterocycles. The largest absolute Gasteiger partial charge is 0.391 e. The second-order valence-corrected chi connectivity index (χ2v) is 4.82. The number of aliphatic hydroxyl groups excluding tert-OH is 1. The van der Waals surface area contributed by atoms with Crippen molar-refractivity contribution >= 4 is 5.91 Å². The molecule has 1 aliphatic rings. The Morgan fingerprint density at radius 3 is 2.94 bits per heavy atom. The van der Waals surface area contributed by atoms with Crippen molar-refractivity contribution in [3.05, 3.63) is 0 Å². The first-order valence-electron chi connectivity index (χ1n) is 6.30. The number of likely N-dealkylation sites (N-methyl/N-ethyl adjacent to an activating group) is 1. The first-order chi connectivity index (χ1) is 8.04. The summed E-state index contributed by atoms with van der Waals surface area (Å²) in [5.41, 5.74) is 0. The summed E-state index contributed by atoms with van der Waals surface area (Å²) in [6.07, 6.45) is 0.0165. The summed E-state index contributed by atoms with van der Waals surface area (Å²) in [4.78, 5) is 13.9. The Morgan fingerprint density at radius 1 is 1.65 bits per heavy atom. The number of carbonyl (C=O) groups excluding carboxylic acids is 1. The van der Waals surface area contributed by atoms with Crippen molar-refractivity contribution in [3.8, 4) is 0 Å².